The van der Waals surface area contributed by atoms with Gasteiger partial charge in [0.25, 0.3) is 0 Å². The SMILES string of the molecule is N[C@@](Cc1nc2ccccc2s1)(C(=O)O)C(=O)OCc1ccccc1. The van der Waals surface area contributed by atoms with Crippen LogP contribution in [0.5, 0.6) is 0 Å². The number of aromatic nitrogens is 1. The first-order valence-electron chi connectivity index (χ1n) is 7.57. The molecule has 0 amide bonds. The molecular formula is C18H16N2O4S. The number of rotatable bonds is 6. The zero-order chi connectivity index (χ0) is 17.9. The van der Waals surface area contributed by atoms with Gasteiger partial charge in [0, 0.05) is 6.42 Å². The number of nitrogens with zero attached hydrogens (tertiary/aromatic N) is 1. The number of esters is 1. The molecule has 3 N–H and O–H groups in total. The molecule has 1 heterocycles. The Morgan fingerprint density at radius 2 is 1.80 bits per heavy atom. The molecule has 0 aliphatic carbocycles. The average Bonchev–Trinajstić information content (AvgIpc) is 3.02. The van der Waals surface area contributed by atoms with Crippen LogP contribution in [0.15, 0.2) is 54.6 Å². The predicted octanol–water partition coefficient (Wildman–Crippen LogP) is 2.36. The van der Waals surface area contributed by atoms with Crippen molar-refractivity contribution in [3.05, 3.63) is 65.2 Å². The number of carboxylic acid groups (broad SMARTS) is 1. The molecule has 128 valence electrons. The van der Waals surface area contributed by atoms with Gasteiger partial charge < -0.3 is 15.6 Å². The Hall–Kier alpha value is -2.77. The molecule has 0 aliphatic heterocycles. The third-order valence-corrected chi connectivity index (χ3v) is 4.76. The number of thiazole rings is 1. The van der Waals surface area contributed by atoms with Gasteiger partial charge in [-0.25, -0.2) is 14.6 Å². The number of nitrogens with two attached hydrogens (primary N) is 1. The van der Waals surface area contributed by atoms with E-state index >= 15 is 0 Å². The summed E-state index contributed by atoms with van der Waals surface area (Å²) in [4.78, 5) is 28.3. The zero-order valence-corrected chi connectivity index (χ0v) is 14.0. The van der Waals surface area contributed by atoms with Crippen LogP contribution in [0.3, 0.4) is 0 Å². The van der Waals surface area contributed by atoms with Gasteiger partial charge in [-0.3, -0.25) is 0 Å². The third-order valence-electron chi connectivity index (χ3n) is 3.73. The molecule has 3 rings (SSSR count). The van der Waals surface area contributed by atoms with Crippen LogP contribution in [0, 0.1) is 0 Å². The van der Waals surface area contributed by atoms with E-state index in [1.807, 2.05) is 30.3 Å². The number of fused-ring (bicyclic) bond motifs is 1. The number of ether oxygens (including phenoxy) is 1. The number of aliphatic carboxylic acids is 1. The highest BCUT2D eigenvalue weighted by Crippen LogP contribution is 2.25. The maximum atomic E-state index is 12.3. The maximum absolute atomic E-state index is 12.3. The summed E-state index contributed by atoms with van der Waals surface area (Å²) in [7, 11) is 0. The van der Waals surface area contributed by atoms with Gasteiger partial charge in [-0.15, -0.1) is 11.3 Å². The number of carbonyl (C=O) groups is 2. The van der Waals surface area contributed by atoms with Crippen molar-refractivity contribution in [2.45, 2.75) is 18.6 Å². The fraction of sp³-hybridized carbons (Fsp3) is 0.167. The molecule has 0 spiro atoms. The van der Waals surface area contributed by atoms with E-state index in [4.69, 9.17) is 10.5 Å². The molecule has 0 saturated carbocycles. The molecule has 25 heavy (non-hydrogen) atoms. The van der Waals surface area contributed by atoms with E-state index in [2.05, 4.69) is 4.98 Å². The molecule has 1 atom stereocenters. The Labute approximate surface area is 147 Å². The van der Waals surface area contributed by atoms with Crippen LogP contribution in [0.1, 0.15) is 10.6 Å². The number of benzene rings is 2. The van der Waals surface area contributed by atoms with Gasteiger partial charge in [0.05, 0.1) is 15.2 Å². The number of hydrogen-bond donors (Lipinski definition) is 2. The molecule has 0 aliphatic rings. The van der Waals surface area contributed by atoms with Crippen molar-refractivity contribution in [3.63, 3.8) is 0 Å². The second kappa shape index (κ2) is 7.00. The van der Waals surface area contributed by atoms with Crippen LogP contribution in [0.25, 0.3) is 10.2 Å². The van der Waals surface area contributed by atoms with Crippen molar-refractivity contribution in [3.8, 4) is 0 Å². The predicted molar refractivity (Wildman–Crippen MR) is 94.1 cm³/mol. The summed E-state index contributed by atoms with van der Waals surface area (Å²) in [6, 6.07) is 16.4. The van der Waals surface area contributed by atoms with Crippen LogP contribution in [-0.2, 0) is 27.4 Å². The lowest BCUT2D eigenvalue weighted by Crippen LogP contribution is -2.57. The standard InChI is InChI=1S/C18H16N2O4S/c19-18(16(21)22,17(23)24-11-12-6-2-1-3-7-12)10-15-20-13-8-4-5-9-14(13)25-15/h1-9H,10-11,19H2,(H,21,22)/t18-/m0/s1. The average molecular weight is 356 g/mol. The Bertz CT molecular complexity index is 877. The highest BCUT2D eigenvalue weighted by molar-refractivity contribution is 7.18. The fourth-order valence-corrected chi connectivity index (χ4v) is 3.38. The van der Waals surface area contributed by atoms with E-state index < -0.39 is 17.5 Å². The Kier molecular flexibility index (Phi) is 4.78. The second-order valence-electron chi connectivity index (χ2n) is 5.59. The molecular weight excluding hydrogens is 340 g/mol. The summed E-state index contributed by atoms with van der Waals surface area (Å²) in [5.74, 6) is -2.42. The summed E-state index contributed by atoms with van der Waals surface area (Å²) in [6.07, 6.45) is -0.227. The number of carbonyl (C=O) groups excluding carboxylic acids is 1. The van der Waals surface area contributed by atoms with Gasteiger partial charge in [-0.1, -0.05) is 42.5 Å². The summed E-state index contributed by atoms with van der Waals surface area (Å²) in [5, 5.41) is 9.96. The lowest BCUT2D eigenvalue weighted by molar-refractivity contribution is -0.161. The van der Waals surface area contributed by atoms with Crippen LogP contribution >= 0.6 is 11.3 Å². The first kappa shape index (κ1) is 17.1. The molecule has 2 aromatic carbocycles. The van der Waals surface area contributed by atoms with E-state index in [-0.39, 0.29) is 13.0 Å². The number of carboxylic acids is 1. The van der Waals surface area contributed by atoms with Crippen molar-refractivity contribution in [2.24, 2.45) is 5.73 Å². The molecule has 3 aromatic rings. The van der Waals surface area contributed by atoms with Gasteiger partial charge in [0.1, 0.15) is 6.61 Å². The Morgan fingerprint density at radius 1 is 1.12 bits per heavy atom. The molecule has 6 nitrogen and oxygen atoms in total. The second-order valence-corrected chi connectivity index (χ2v) is 6.71. The van der Waals surface area contributed by atoms with Gasteiger partial charge in [-0.2, -0.15) is 0 Å². The minimum absolute atomic E-state index is 0.0360. The first-order chi connectivity index (χ1) is 12.0. The molecule has 0 saturated heterocycles. The minimum atomic E-state index is -2.18. The lowest BCUT2D eigenvalue weighted by Gasteiger charge is -2.21. The highest BCUT2D eigenvalue weighted by Gasteiger charge is 2.45. The lowest BCUT2D eigenvalue weighted by atomic mass is 9.97. The molecule has 0 bridgehead atoms. The monoisotopic (exact) mass is 356 g/mol. The van der Waals surface area contributed by atoms with Crippen LogP contribution in [-0.4, -0.2) is 27.6 Å². The highest BCUT2D eigenvalue weighted by atomic mass is 32.1. The molecule has 1 aromatic heterocycles. The normalized spacial score (nSPS) is 13.3. The van der Waals surface area contributed by atoms with Gasteiger partial charge in [-0.05, 0) is 17.7 Å². The van der Waals surface area contributed by atoms with Crippen molar-refractivity contribution < 1.29 is 19.4 Å². The third kappa shape index (κ3) is 3.67. The zero-order valence-electron chi connectivity index (χ0n) is 13.2. The van der Waals surface area contributed by atoms with E-state index in [9.17, 15) is 14.7 Å². The van der Waals surface area contributed by atoms with E-state index in [1.165, 1.54) is 11.3 Å². The van der Waals surface area contributed by atoms with Gasteiger partial charge in [0.15, 0.2) is 0 Å². The maximum Gasteiger partial charge on any atom is 0.338 e. The van der Waals surface area contributed by atoms with Crippen molar-refractivity contribution in [2.75, 3.05) is 0 Å². The Morgan fingerprint density at radius 3 is 2.48 bits per heavy atom. The first-order valence-corrected chi connectivity index (χ1v) is 8.38. The van der Waals surface area contributed by atoms with Crippen LogP contribution in [0.4, 0.5) is 0 Å². The summed E-state index contributed by atoms with van der Waals surface area (Å²) in [6.45, 7) is -0.0360. The van der Waals surface area contributed by atoms with E-state index in [0.717, 1.165) is 15.8 Å². The molecule has 0 unspecified atom stereocenters. The molecule has 0 radical (unpaired) electrons. The smallest absolute Gasteiger partial charge is 0.338 e. The van der Waals surface area contributed by atoms with E-state index in [0.29, 0.717) is 5.01 Å². The van der Waals surface area contributed by atoms with Gasteiger partial charge >= 0.3 is 11.9 Å². The largest absolute Gasteiger partial charge is 0.479 e. The summed E-state index contributed by atoms with van der Waals surface area (Å²) in [5.41, 5.74) is 5.21. The quantitative estimate of drug-likeness (QED) is 0.519. The van der Waals surface area contributed by atoms with Crippen LogP contribution in [0.2, 0.25) is 0 Å². The fourth-order valence-electron chi connectivity index (χ4n) is 2.32. The van der Waals surface area contributed by atoms with E-state index in [1.54, 1.807) is 24.3 Å². The van der Waals surface area contributed by atoms with Gasteiger partial charge in [0.2, 0.25) is 5.54 Å². The summed E-state index contributed by atoms with van der Waals surface area (Å²) >= 11 is 1.31. The Balaban J connectivity index is 1.77. The molecule has 7 heteroatoms. The number of hydrogen-bond acceptors (Lipinski definition) is 6. The molecule has 0 fully saturated rings. The van der Waals surface area contributed by atoms with Crippen molar-refractivity contribution in [1.82, 2.24) is 4.98 Å². The topological polar surface area (TPSA) is 103 Å². The van der Waals surface area contributed by atoms with Crippen LogP contribution < -0.4 is 5.73 Å². The minimum Gasteiger partial charge on any atom is -0.479 e. The number of para-hydroxylation sites is 1. The van der Waals surface area contributed by atoms with Crippen molar-refractivity contribution in [1.29, 1.82) is 0 Å². The summed E-state index contributed by atoms with van der Waals surface area (Å²) < 4.78 is 6.04. The van der Waals surface area contributed by atoms with Crippen molar-refractivity contribution >= 4 is 33.5 Å².